The van der Waals surface area contributed by atoms with E-state index in [0.717, 1.165) is 27.8 Å². The predicted octanol–water partition coefficient (Wildman–Crippen LogP) is 4.59. The Hall–Kier alpha value is -3.41. The van der Waals surface area contributed by atoms with E-state index in [0.29, 0.717) is 5.69 Å². The van der Waals surface area contributed by atoms with Gasteiger partial charge in [0.1, 0.15) is 11.4 Å². The van der Waals surface area contributed by atoms with Crippen molar-refractivity contribution in [2.75, 3.05) is 12.5 Å². The van der Waals surface area contributed by atoms with Crippen molar-refractivity contribution in [2.24, 2.45) is 5.10 Å². The minimum atomic E-state index is -0.434. The van der Waals surface area contributed by atoms with E-state index in [1.807, 2.05) is 43.3 Å². The van der Waals surface area contributed by atoms with Crippen molar-refractivity contribution in [1.82, 2.24) is 0 Å². The van der Waals surface area contributed by atoms with Gasteiger partial charge in [-0.15, -0.1) is 0 Å². The zero-order chi connectivity index (χ0) is 17.8. The molecule has 0 aliphatic rings. The summed E-state index contributed by atoms with van der Waals surface area (Å²) in [6.07, 6.45) is 0. The van der Waals surface area contributed by atoms with Crippen LogP contribution in [0.15, 0.2) is 65.8 Å². The largest absolute Gasteiger partial charge is 0.497 e. The maximum Gasteiger partial charge on any atom is 0.294 e. The van der Waals surface area contributed by atoms with Crippen molar-refractivity contribution >= 4 is 27.9 Å². The maximum absolute atomic E-state index is 11.0. The van der Waals surface area contributed by atoms with Crippen molar-refractivity contribution in [3.63, 3.8) is 0 Å². The Bertz CT molecular complexity index is 967. The summed E-state index contributed by atoms with van der Waals surface area (Å²) in [5, 5.41) is 17.5. The molecule has 0 aromatic heterocycles. The number of rotatable bonds is 5. The van der Waals surface area contributed by atoms with Gasteiger partial charge in [-0.25, -0.2) is 0 Å². The molecule has 6 nitrogen and oxygen atoms in total. The van der Waals surface area contributed by atoms with E-state index < -0.39 is 4.92 Å². The highest BCUT2D eigenvalue weighted by molar-refractivity contribution is 6.02. The molecule has 0 aliphatic heterocycles. The van der Waals surface area contributed by atoms with Crippen LogP contribution in [-0.2, 0) is 0 Å². The van der Waals surface area contributed by atoms with E-state index in [2.05, 4.69) is 10.5 Å². The first-order valence-corrected chi connectivity index (χ1v) is 7.70. The monoisotopic (exact) mass is 335 g/mol. The van der Waals surface area contributed by atoms with E-state index in [-0.39, 0.29) is 5.69 Å². The second-order valence-electron chi connectivity index (χ2n) is 5.51. The zero-order valence-electron chi connectivity index (χ0n) is 13.9. The van der Waals surface area contributed by atoms with Crippen molar-refractivity contribution in [3.05, 3.63) is 76.3 Å². The Labute approximate surface area is 144 Å². The summed E-state index contributed by atoms with van der Waals surface area (Å²) in [4.78, 5) is 10.6. The summed E-state index contributed by atoms with van der Waals surface area (Å²) in [6, 6.07) is 18.3. The molecular formula is C19H17N3O3. The number of fused-ring (bicyclic) bond motifs is 1. The quantitative estimate of drug-likeness (QED) is 0.420. The molecule has 0 aliphatic carbocycles. The lowest BCUT2D eigenvalue weighted by atomic mass is 10.0. The lowest BCUT2D eigenvalue weighted by Crippen LogP contribution is -2.01. The van der Waals surface area contributed by atoms with Crippen LogP contribution in [0.4, 0.5) is 11.4 Å². The fourth-order valence-electron chi connectivity index (χ4n) is 2.51. The molecule has 3 aromatic rings. The van der Waals surface area contributed by atoms with Crippen LogP contribution in [-0.4, -0.2) is 17.7 Å². The Morgan fingerprint density at radius 3 is 2.56 bits per heavy atom. The Morgan fingerprint density at radius 2 is 1.80 bits per heavy atom. The number of methoxy groups -OCH3 is 1. The fourth-order valence-corrected chi connectivity index (χ4v) is 2.51. The van der Waals surface area contributed by atoms with Crippen molar-refractivity contribution in [1.29, 1.82) is 0 Å². The maximum atomic E-state index is 11.0. The number of para-hydroxylation sites is 2. The van der Waals surface area contributed by atoms with Crippen LogP contribution in [0.25, 0.3) is 10.8 Å². The third-order valence-electron chi connectivity index (χ3n) is 3.91. The highest BCUT2D eigenvalue weighted by Gasteiger charge is 2.11. The van der Waals surface area contributed by atoms with Crippen LogP contribution in [0.5, 0.6) is 5.75 Å². The number of nitrogens with zero attached hydrogens (tertiary/aromatic N) is 2. The van der Waals surface area contributed by atoms with Crippen LogP contribution < -0.4 is 10.2 Å². The lowest BCUT2D eigenvalue weighted by Gasteiger charge is -2.07. The first-order valence-electron chi connectivity index (χ1n) is 7.70. The molecule has 0 radical (unpaired) electrons. The van der Waals surface area contributed by atoms with Gasteiger partial charge >= 0.3 is 0 Å². The molecule has 0 atom stereocenters. The Morgan fingerprint density at radius 1 is 1.08 bits per heavy atom. The number of nitro benzene ring substituents is 1. The molecule has 1 N–H and O–H groups in total. The molecule has 0 heterocycles. The molecule has 0 amide bonds. The smallest absolute Gasteiger partial charge is 0.294 e. The third-order valence-corrected chi connectivity index (χ3v) is 3.91. The number of nitrogens with one attached hydrogen (secondary N) is 1. The molecule has 25 heavy (non-hydrogen) atoms. The topological polar surface area (TPSA) is 76.8 Å². The van der Waals surface area contributed by atoms with Gasteiger partial charge in [-0.05, 0) is 47.5 Å². The highest BCUT2D eigenvalue weighted by Crippen LogP contribution is 2.24. The molecule has 3 aromatic carbocycles. The van der Waals surface area contributed by atoms with E-state index in [4.69, 9.17) is 4.74 Å². The van der Waals surface area contributed by atoms with Gasteiger partial charge in [0.15, 0.2) is 0 Å². The van der Waals surface area contributed by atoms with Crippen molar-refractivity contribution in [3.8, 4) is 5.75 Å². The number of hydrogen-bond acceptors (Lipinski definition) is 5. The van der Waals surface area contributed by atoms with Gasteiger partial charge in [0.25, 0.3) is 5.69 Å². The number of ether oxygens (including phenoxy) is 1. The summed E-state index contributed by atoms with van der Waals surface area (Å²) >= 11 is 0. The number of hydrazone groups is 1. The van der Waals surface area contributed by atoms with Gasteiger partial charge in [-0.3, -0.25) is 15.5 Å². The molecule has 0 unspecified atom stereocenters. The summed E-state index contributed by atoms with van der Waals surface area (Å²) < 4.78 is 5.23. The van der Waals surface area contributed by atoms with Crippen LogP contribution in [0.3, 0.4) is 0 Å². The molecule has 6 heteroatoms. The first-order chi connectivity index (χ1) is 12.1. The molecule has 0 saturated carbocycles. The van der Waals surface area contributed by atoms with Crippen LogP contribution >= 0.6 is 0 Å². The normalized spacial score (nSPS) is 11.4. The molecule has 0 bridgehead atoms. The Kier molecular flexibility index (Phi) is 4.61. The van der Waals surface area contributed by atoms with Gasteiger partial charge in [0, 0.05) is 6.07 Å². The molecular weight excluding hydrogens is 318 g/mol. The average molecular weight is 335 g/mol. The summed E-state index contributed by atoms with van der Waals surface area (Å²) in [6.45, 7) is 1.85. The summed E-state index contributed by atoms with van der Waals surface area (Å²) in [5.74, 6) is 0.809. The lowest BCUT2D eigenvalue weighted by molar-refractivity contribution is -0.384. The molecule has 126 valence electrons. The van der Waals surface area contributed by atoms with Gasteiger partial charge in [-0.2, -0.15) is 5.10 Å². The van der Waals surface area contributed by atoms with Crippen molar-refractivity contribution in [2.45, 2.75) is 6.92 Å². The Balaban J connectivity index is 1.87. The second-order valence-corrected chi connectivity index (χ2v) is 5.51. The minimum absolute atomic E-state index is 0.00958. The van der Waals surface area contributed by atoms with E-state index in [9.17, 15) is 10.1 Å². The first kappa shape index (κ1) is 16.4. The minimum Gasteiger partial charge on any atom is -0.497 e. The summed E-state index contributed by atoms with van der Waals surface area (Å²) in [7, 11) is 1.64. The van der Waals surface area contributed by atoms with Crippen LogP contribution in [0.1, 0.15) is 12.5 Å². The predicted molar refractivity (Wildman–Crippen MR) is 99.4 cm³/mol. The van der Waals surface area contributed by atoms with Gasteiger partial charge < -0.3 is 4.74 Å². The average Bonchev–Trinajstić information content (AvgIpc) is 2.65. The second kappa shape index (κ2) is 7.00. The number of anilines is 1. The van der Waals surface area contributed by atoms with Gasteiger partial charge in [0.05, 0.1) is 17.7 Å². The number of hydrogen-bond donors (Lipinski definition) is 1. The molecule has 0 fully saturated rings. The van der Waals surface area contributed by atoms with Crippen LogP contribution in [0, 0.1) is 10.1 Å². The van der Waals surface area contributed by atoms with E-state index >= 15 is 0 Å². The number of benzene rings is 3. The van der Waals surface area contributed by atoms with E-state index in [1.54, 1.807) is 25.3 Å². The van der Waals surface area contributed by atoms with E-state index in [1.165, 1.54) is 6.07 Å². The third kappa shape index (κ3) is 3.58. The zero-order valence-corrected chi connectivity index (χ0v) is 13.9. The van der Waals surface area contributed by atoms with Crippen LogP contribution in [0.2, 0.25) is 0 Å². The molecule has 0 spiro atoms. The molecule has 3 rings (SSSR count). The summed E-state index contributed by atoms with van der Waals surface area (Å²) in [5.41, 5.74) is 4.80. The number of nitro groups is 1. The highest BCUT2D eigenvalue weighted by atomic mass is 16.6. The fraction of sp³-hybridized carbons (Fsp3) is 0.105. The standard InChI is InChI=1S/C19H17N3O3/c1-13(20-21-18-5-3-4-6-19(18)22(23)24)14-7-8-16-12-17(25-2)10-9-15(16)11-14/h3-12,21H,1-2H3/b20-13-. The SMILES string of the molecule is COc1ccc2cc(/C(C)=N\Nc3ccccc3[N+](=O)[O-])ccc2c1. The van der Waals surface area contributed by atoms with Gasteiger partial charge in [-0.1, -0.05) is 30.3 Å². The van der Waals surface area contributed by atoms with Crippen molar-refractivity contribution < 1.29 is 9.66 Å². The molecule has 0 saturated heterocycles. The van der Waals surface area contributed by atoms with Gasteiger partial charge in [0.2, 0.25) is 0 Å².